The molecule has 4 nitrogen and oxygen atoms in total. The van der Waals surface area contributed by atoms with E-state index in [-0.39, 0.29) is 0 Å². The smallest absolute Gasteiger partial charge is 0.240 e. The van der Waals surface area contributed by atoms with Gasteiger partial charge in [-0.1, -0.05) is 35.5 Å². The maximum Gasteiger partial charge on any atom is 0.240 e. The Morgan fingerprint density at radius 2 is 2.05 bits per heavy atom. The topological polar surface area (TPSA) is 42.2 Å². The molecule has 20 heavy (non-hydrogen) atoms. The Labute approximate surface area is 119 Å². The van der Waals surface area contributed by atoms with E-state index in [9.17, 15) is 0 Å². The average molecular weight is 271 g/mol. The standard InChI is InChI=1S/C16H21N3O/c1-19(11-5-8-13-6-3-2-4-7-13)12-15-17-16(18-20-15)14-9-10-14/h2-4,6-7,14H,5,8-12H2,1H3. The van der Waals surface area contributed by atoms with Crippen LogP contribution < -0.4 is 0 Å². The third-order valence-electron chi connectivity index (χ3n) is 3.68. The van der Waals surface area contributed by atoms with Crippen LogP contribution in [0.2, 0.25) is 0 Å². The zero-order valence-electron chi connectivity index (χ0n) is 12.0. The van der Waals surface area contributed by atoms with E-state index in [1.165, 1.54) is 18.4 Å². The van der Waals surface area contributed by atoms with Crippen molar-refractivity contribution in [2.24, 2.45) is 0 Å². The SMILES string of the molecule is CN(CCCc1ccccc1)Cc1nc(C2CC2)no1. The highest BCUT2D eigenvalue weighted by Gasteiger charge is 2.28. The van der Waals surface area contributed by atoms with E-state index in [1.54, 1.807) is 0 Å². The second-order valence-electron chi connectivity index (χ2n) is 5.65. The minimum atomic E-state index is 0.566. The van der Waals surface area contributed by atoms with Crippen LogP contribution in [0.4, 0.5) is 0 Å². The van der Waals surface area contributed by atoms with Gasteiger partial charge in [0.05, 0.1) is 6.54 Å². The maximum absolute atomic E-state index is 5.30. The first-order valence-corrected chi connectivity index (χ1v) is 7.36. The first kappa shape index (κ1) is 13.3. The number of hydrogen-bond donors (Lipinski definition) is 0. The molecular weight excluding hydrogens is 250 g/mol. The van der Waals surface area contributed by atoms with Crippen LogP contribution in [-0.2, 0) is 13.0 Å². The van der Waals surface area contributed by atoms with E-state index >= 15 is 0 Å². The molecule has 1 saturated carbocycles. The summed E-state index contributed by atoms with van der Waals surface area (Å²) in [5, 5.41) is 4.05. The van der Waals surface area contributed by atoms with E-state index in [1.807, 2.05) is 0 Å². The summed E-state index contributed by atoms with van der Waals surface area (Å²) in [6.07, 6.45) is 4.68. The summed E-state index contributed by atoms with van der Waals surface area (Å²) in [6, 6.07) is 10.6. The molecule has 0 spiro atoms. The molecular formula is C16H21N3O. The van der Waals surface area contributed by atoms with Crippen molar-refractivity contribution in [1.29, 1.82) is 0 Å². The van der Waals surface area contributed by atoms with Crippen LogP contribution in [-0.4, -0.2) is 28.6 Å². The molecule has 3 rings (SSSR count). The maximum atomic E-state index is 5.30. The molecule has 0 aliphatic heterocycles. The van der Waals surface area contributed by atoms with Crippen LogP contribution in [0, 0.1) is 0 Å². The van der Waals surface area contributed by atoms with Crippen molar-refractivity contribution in [3.63, 3.8) is 0 Å². The van der Waals surface area contributed by atoms with Crippen molar-refractivity contribution in [2.45, 2.75) is 38.1 Å². The zero-order chi connectivity index (χ0) is 13.8. The summed E-state index contributed by atoms with van der Waals surface area (Å²) in [7, 11) is 2.10. The molecule has 0 radical (unpaired) electrons. The lowest BCUT2D eigenvalue weighted by molar-refractivity contribution is 0.264. The molecule has 1 heterocycles. The van der Waals surface area contributed by atoms with Gasteiger partial charge in [-0.05, 0) is 44.8 Å². The number of rotatable bonds is 7. The van der Waals surface area contributed by atoms with E-state index in [0.717, 1.165) is 37.6 Å². The minimum absolute atomic E-state index is 0.566. The molecule has 0 bridgehead atoms. The Morgan fingerprint density at radius 3 is 2.80 bits per heavy atom. The first-order chi connectivity index (χ1) is 9.81. The van der Waals surface area contributed by atoms with Gasteiger partial charge in [0.15, 0.2) is 5.82 Å². The fraction of sp³-hybridized carbons (Fsp3) is 0.500. The number of aromatic nitrogens is 2. The fourth-order valence-corrected chi connectivity index (χ4v) is 2.35. The molecule has 1 aliphatic rings. The molecule has 1 fully saturated rings. The normalized spacial score (nSPS) is 14.9. The zero-order valence-corrected chi connectivity index (χ0v) is 12.0. The van der Waals surface area contributed by atoms with E-state index < -0.39 is 0 Å². The molecule has 0 saturated heterocycles. The van der Waals surface area contributed by atoms with Gasteiger partial charge >= 0.3 is 0 Å². The third kappa shape index (κ3) is 3.67. The van der Waals surface area contributed by atoms with Crippen LogP contribution in [0.25, 0.3) is 0 Å². The molecule has 106 valence electrons. The van der Waals surface area contributed by atoms with Gasteiger partial charge in [0.2, 0.25) is 5.89 Å². The summed E-state index contributed by atoms with van der Waals surface area (Å²) >= 11 is 0. The molecule has 0 N–H and O–H groups in total. The number of benzene rings is 1. The Balaban J connectivity index is 1.41. The average Bonchev–Trinajstić information content (AvgIpc) is 3.21. The fourth-order valence-electron chi connectivity index (χ4n) is 2.35. The summed E-state index contributed by atoms with van der Waals surface area (Å²) in [5.74, 6) is 2.21. The van der Waals surface area contributed by atoms with Gasteiger partial charge in [-0.3, -0.25) is 4.90 Å². The predicted octanol–water partition coefficient (Wildman–Crippen LogP) is 3.01. The summed E-state index contributed by atoms with van der Waals surface area (Å²) in [5.41, 5.74) is 1.40. The van der Waals surface area contributed by atoms with Crippen molar-refractivity contribution < 1.29 is 4.52 Å². The quantitative estimate of drug-likeness (QED) is 0.776. The Kier molecular flexibility index (Phi) is 4.11. The molecule has 1 aromatic heterocycles. The highest BCUT2D eigenvalue weighted by molar-refractivity contribution is 5.14. The lowest BCUT2D eigenvalue weighted by Crippen LogP contribution is -2.19. The van der Waals surface area contributed by atoms with Gasteiger partial charge in [0.25, 0.3) is 0 Å². The molecule has 4 heteroatoms. The minimum Gasteiger partial charge on any atom is -0.338 e. The molecule has 2 aromatic rings. The highest BCUT2D eigenvalue weighted by Crippen LogP contribution is 2.38. The predicted molar refractivity (Wildman–Crippen MR) is 77.4 cm³/mol. The number of hydrogen-bond acceptors (Lipinski definition) is 4. The first-order valence-electron chi connectivity index (χ1n) is 7.36. The Hall–Kier alpha value is -1.68. The Morgan fingerprint density at radius 1 is 1.25 bits per heavy atom. The molecule has 0 unspecified atom stereocenters. The summed E-state index contributed by atoms with van der Waals surface area (Å²) in [4.78, 5) is 6.70. The molecule has 1 aliphatic carbocycles. The van der Waals surface area contributed by atoms with Crippen molar-refractivity contribution >= 4 is 0 Å². The van der Waals surface area contributed by atoms with Crippen molar-refractivity contribution in [1.82, 2.24) is 15.0 Å². The van der Waals surface area contributed by atoms with Gasteiger partial charge < -0.3 is 4.52 Å². The largest absolute Gasteiger partial charge is 0.338 e. The third-order valence-corrected chi connectivity index (χ3v) is 3.68. The summed E-state index contributed by atoms with van der Waals surface area (Å²) < 4.78 is 5.30. The van der Waals surface area contributed by atoms with Crippen molar-refractivity contribution in [2.75, 3.05) is 13.6 Å². The van der Waals surface area contributed by atoms with Crippen LogP contribution >= 0.6 is 0 Å². The number of nitrogens with zero attached hydrogens (tertiary/aromatic N) is 3. The van der Waals surface area contributed by atoms with Gasteiger partial charge in [-0.15, -0.1) is 0 Å². The van der Waals surface area contributed by atoms with Crippen LogP contribution in [0.3, 0.4) is 0 Å². The molecule has 1 aromatic carbocycles. The van der Waals surface area contributed by atoms with Crippen LogP contribution in [0.5, 0.6) is 0 Å². The lowest BCUT2D eigenvalue weighted by Gasteiger charge is -2.13. The highest BCUT2D eigenvalue weighted by atomic mass is 16.5. The van der Waals surface area contributed by atoms with E-state index in [0.29, 0.717) is 5.92 Å². The van der Waals surface area contributed by atoms with Crippen LogP contribution in [0.15, 0.2) is 34.9 Å². The van der Waals surface area contributed by atoms with E-state index in [2.05, 4.69) is 52.4 Å². The van der Waals surface area contributed by atoms with Gasteiger partial charge in [0, 0.05) is 5.92 Å². The number of aryl methyl sites for hydroxylation is 1. The Bertz CT molecular complexity index is 534. The monoisotopic (exact) mass is 271 g/mol. The second-order valence-corrected chi connectivity index (χ2v) is 5.65. The second kappa shape index (κ2) is 6.18. The van der Waals surface area contributed by atoms with Gasteiger partial charge in [0.1, 0.15) is 0 Å². The van der Waals surface area contributed by atoms with Gasteiger partial charge in [-0.25, -0.2) is 0 Å². The van der Waals surface area contributed by atoms with E-state index in [4.69, 9.17) is 4.52 Å². The lowest BCUT2D eigenvalue weighted by atomic mass is 10.1. The van der Waals surface area contributed by atoms with Gasteiger partial charge in [-0.2, -0.15) is 4.98 Å². The molecule has 0 atom stereocenters. The summed E-state index contributed by atoms with van der Waals surface area (Å²) in [6.45, 7) is 1.78. The van der Waals surface area contributed by atoms with Crippen LogP contribution in [0.1, 0.15) is 42.5 Å². The molecule has 0 amide bonds. The van der Waals surface area contributed by atoms with Crippen molar-refractivity contribution in [3.05, 3.63) is 47.6 Å². The van der Waals surface area contributed by atoms with Crippen molar-refractivity contribution in [3.8, 4) is 0 Å².